The molecule has 20 heavy (non-hydrogen) atoms. The molecule has 0 spiro atoms. The van der Waals surface area contributed by atoms with E-state index in [2.05, 4.69) is 38.3 Å². The highest BCUT2D eigenvalue weighted by Gasteiger charge is 2.49. The van der Waals surface area contributed by atoms with Gasteiger partial charge in [0.05, 0.1) is 6.10 Å². The molecule has 1 saturated carbocycles. The lowest BCUT2D eigenvalue weighted by Crippen LogP contribution is -2.62. The van der Waals surface area contributed by atoms with Crippen molar-refractivity contribution < 1.29 is 4.74 Å². The minimum Gasteiger partial charge on any atom is -0.378 e. The summed E-state index contributed by atoms with van der Waals surface area (Å²) in [4.78, 5) is 0. The van der Waals surface area contributed by atoms with E-state index < -0.39 is 0 Å². The Hall–Kier alpha value is -0.120. The van der Waals surface area contributed by atoms with Gasteiger partial charge in [-0.15, -0.1) is 0 Å². The van der Waals surface area contributed by atoms with Crippen LogP contribution in [-0.4, -0.2) is 38.4 Å². The molecule has 2 N–H and O–H groups in total. The summed E-state index contributed by atoms with van der Waals surface area (Å²) in [5.74, 6) is 0. The van der Waals surface area contributed by atoms with Gasteiger partial charge in [0.2, 0.25) is 0 Å². The first-order valence-electron chi connectivity index (χ1n) is 8.60. The van der Waals surface area contributed by atoms with Crippen LogP contribution >= 0.6 is 0 Å². The average Bonchev–Trinajstić information content (AvgIpc) is 2.43. The lowest BCUT2D eigenvalue weighted by atomic mass is 9.64. The summed E-state index contributed by atoms with van der Waals surface area (Å²) in [5, 5.41) is 7.39. The third kappa shape index (κ3) is 3.37. The Labute approximate surface area is 125 Å². The zero-order valence-electron chi connectivity index (χ0n) is 13.9. The molecule has 118 valence electrons. The number of nitrogens with one attached hydrogen (secondary N) is 2. The highest BCUT2D eigenvalue weighted by Crippen LogP contribution is 2.43. The first-order valence-corrected chi connectivity index (χ1v) is 8.60. The molecule has 2 rings (SSSR count). The normalized spacial score (nSPS) is 31.8. The van der Waals surface area contributed by atoms with Crippen molar-refractivity contribution in [2.45, 2.75) is 71.9 Å². The van der Waals surface area contributed by atoms with E-state index in [0.717, 1.165) is 6.61 Å². The molecule has 0 radical (unpaired) electrons. The van der Waals surface area contributed by atoms with E-state index >= 15 is 0 Å². The van der Waals surface area contributed by atoms with E-state index in [0.29, 0.717) is 17.6 Å². The van der Waals surface area contributed by atoms with Gasteiger partial charge in [-0.25, -0.2) is 0 Å². The Kier molecular flexibility index (Phi) is 5.49. The van der Waals surface area contributed by atoms with Gasteiger partial charge < -0.3 is 15.4 Å². The second-order valence-electron chi connectivity index (χ2n) is 7.43. The van der Waals surface area contributed by atoms with Crippen LogP contribution in [0.25, 0.3) is 0 Å². The molecule has 2 aliphatic rings. The van der Waals surface area contributed by atoms with Gasteiger partial charge in [-0.05, 0) is 51.1 Å². The first kappa shape index (κ1) is 16.3. The maximum absolute atomic E-state index is 5.84. The lowest BCUT2D eigenvalue weighted by molar-refractivity contribution is -0.116. The highest BCUT2D eigenvalue weighted by atomic mass is 16.5. The average molecular weight is 282 g/mol. The molecular formula is C17H34N2O. The number of ether oxygens (including phenoxy) is 1. The minimum absolute atomic E-state index is 0.288. The lowest BCUT2D eigenvalue weighted by Gasteiger charge is -2.53. The van der Waals surface area contributed by atoms with Gasteiger partial charge in [0.1, 0.15) is 0 Å². The fourth-order valence-electron chi connectivity index (χ4n) is 4.06. The third-order valence-electron chi connectivity index (χ3n) is 5.71. The molecule has 0 bridgehead atoms. The number of hydrogen-bond acceptors (Lipinski definition) is 3. The van der Waals surface area contributed by atoms with Crippen molar-refractivity contribution in [2.75, 3.05) is 26.2 Å². The molecule has 1 aliphatic heterocycles. The summed E-state index contributed by atoms with van der Waals surface area (Å²) in [7, 11) is 0. The van der Waals surface area contributed by atoms with Crippen molar-refractivity contribution in [3.05, 3.63) is 0 Å². The van der Waals surface area contributed by atoms with Crippen LogP contribution in [0.5, 0.6) is 0 Å². The summed E-state index contributed by atoms with van der Waals surface area (Å²) in [6.07, 6.45) is 6.95. The molecule has 2 atom stereocenters. The van der Waals surface area contributed by atoms with Crippen LogP contribution in [0, 0.1) is 10.8 Å². The van der Waals surface area contributed by atoms with Gasteiger partial charge in [0.25, 0.3) is 0 Å². The second kappa shape index (κ2) is 6.76. The quantitative estimate of drug-likeness (QED) is 0.753. The number of hydrogen-bond donors (Lipinski definition) is 2. The minimum atomic E-state index is 0.288. The molecular weight excluding hydrogens is 248 g/mol. The van der Waals surface area contributed by atoms with Crippen LogP contribution in [0.2, 0.25) is 0 Å². The van der Waals surface area contributed by atoms with Crippen molar-refractivity contribution >= 4 is 0 Å². The summed E-state index contributed by atoms with van der Waals surface area (Å²) >= 11 is 0. The molecule has 2 fully saturated rings. The van der Waals surface area contributed by atoms with Crippen molar-refractivity contribution in [2.24, 2.45) is 10.8 Å². The molecule has 0 aromatic heterocycles. The molecule has 3 heteroatoms. The van der Waals surface area contributed by atoms with Crippen LogP contribution < -0.4 is 10.6 Å². The van der Waals surface area contributed by atoms with Crippen molar-refractivity contribution in [3.8, 4) is 0 Å². The Morgan fingerprint density at radius 1 is 1.20 bits per heavy atom. The molecule has 0 aromatic rings. The second-order valence-corrected chi connectivity index (χ2v) is 7.43. The Morgan fingerprint density at radius 3 is 2.45 bits per heavy atom. The van der Waals surface area contributed by atoms with E-state index in [4.69, 9.17) is 4.74 Å². The molecule has 0 amide bonds. The van der Waals surface area contributed by atoms with Crippen LogP contribution in [0.4, 0.5) is 0 Å². The zero-order valence-corrected chi connectivity index (χ0v) is 13.9. The smallest absolute Gasteiger partial charge is 0.0655 e. The third-order valence-corrected chi connectivity index (χ3v) is 5.71. The van der Waals surface area contributed by atoms with E-state index in [1.165, 1.54) is 51.7 Å². The highest BCUT2D eigenvalue weighted by molar-refractivity contribution is 5.03. The summed E-state index contributed by atoms with van der Waals surface area (Å²) in [6.45, 7) is 13.5. The number of piperidine rings is 1. The van der Waals surface area contributed by atoms with E-state index in [1.807, 2.05) is 0 Å². The van der Waals surface area contributed by atoms with E-state index in [9.17, 15) is 0 Å². The Morgan fingerprint density at radius 2 is 1.90 bits per heavy atom. The first-order chi connectivity index (χ1) is 9.54. The molecule has 0 aromatic carbocycles. The summed E-state index contributed by atoms with van der Waals surface area (Å²) < 4.78 is 5.84. The molecule has 3 nitrogen and oxygen atoms in total. The van der Waals surface area contributed by atoms with Gasteiger partial charge in [-0.1, -0.05) is 27.2 Å². The molecule has 1 saturated heterocycles. The van der Waals surface area contributed by atoms with Gasteiger partial charge in [0.15, 0.2) is 0 Å². The topological polar surface area (TPSA) is 33.3 Å². The monoisotopic (exact) mass is 282 g/mol. The van der Waals surface area contributed by atoms with E-state index in [1.54, 1.807) is 0 Å². The molecule has 1 aliphatic carbocycles. The predicted molar refractivity (Wildman–Crippen MR) is 85.0 cm³/mol. The maximum Gasteiger partial charge on any atom is 0.0655 e. The largest absolute Gasteiger partial charge is 0.378 e. The van der Waals surface area contributed by atoms with Crippen molar-refractivity contribution in [1.29, 1.82) is 0 Å². The fraction of sp³-hybridized carbons (Fsp3) is 1.00. The van der Waals surface area contributed by atoms with Gasteiger partial charge >= 0.3 is 0 Å². The predicted octanol–water partition coefficient (Wildman–Crippen LogP) is 2.95. The Bertz CT molecular complexity index is 292. The number of rotatable bonds is 7. The maximum atomic E-state index is 5.84. The van der Waals surface area contributed by atoms with Crippen LogP contribution in [0.1, 0.15) is 59.8 Å². The van der Waals surface area contributed by atoms with Crippen LogP contribution in [0.15, 0.2) is 0 Å². The van der Waals surface area contributed by atoms with Gasteiger partial charge in [-0.3, -0.25) is 0 Å². The van der Waals surface area contributed by atoms with Crippen LogP contribution in [0.3, 0.4) is 0 Å². The van der Waals surface area contributed by atoms with Gasteiger partial charge in [0, 0.05) is 24.6 Å². The summed E-state index contributed by atoms with van der Waals surface area (Å²) in [6, 6.07) is 0.627. The van der Waals surface area contributed by atoms with Crippen molar-refractivity contribution in [1.82, 2.24) is 10.6 Å². The Balaban J connectivity index is 1.84. The van der Waals surface area contributed by atoms with Crippen LogP contribution in [-0.2, 0) is 4.74 Å². The molecule has 2 unspecified atom stereocenters. The SMILES string of the molecule is CCCC1(CNC2CC(OCC)C2(C)C)CCNCC1. The fourth-order valence-corrected chi connectivity index (χ4v) is 4.06. The van der Waals surface area contributed by atoms with Crippen molar-refractivity contribution in [3.63, 3.8) is 0 Å². The summed E-state index contributed by atoms with van der Waals surface area (Å²) in [5.41, 5.74) is 0.823. The standard InChI is InChI=1S/C17H34N2O/c1-5-7-17(8-10-18-11-9-17)13-19-14-12-15(20-6-2)16(14,3)4/h14-15,18-19H,5-13H2,1-4H3. The van der Waals surface area contributed by atoms with Gasteiger partial charge in [-0.2, -0.15) is 0 Å². The molecule has 1 heterocycles. The van der Waals surface area contributed by atoms with E-state index in [-0.39, 0.29) is 5.41 Å². The zero-order chi connectivity index (χ0) is 14.6.